The number of carbonyl (C=O) groups is 1. The van der Waals surface area contributed by atoms with Gasteiger partial charge in [-0.3, -0.25) is 9.78 Å². The molecule has 0 aromatic carbocycles. The molecule has 5 nitrogen and oxygen atoms in total. The van der Waals surface area contributed by atoms with Crippen LogP contribution in [0.1, 0.15) is 27.5 Å². The molecule has 2 heterocycles. The number of rotatable bonds is 1. The SMILES string of the molecule is CN1Cc2cncc(C(N)C#N)c2C1=O. The zero-order valence-corrected chi connectivity index (χ0v) is 8.27. The maximum atomic E-state index is 11.8. The molecule has 0 aliphatic carbocycles. The van der Waals surface area contributed by atoms with E-state index in [4.69, 9.17) is 11.0 Å². The number of hydrogen-bond donors (Lipinski definition) is 1. The Morgan fingerprint density at radius 1 is 1.67 bits per heavy atom. The van der Waals surface area contributed by atoms with Crippen molar-refractivity contribution in [3.8, 4) is 6.07 Å². The first kappa shape index (κ1) is 9.62. The fraction of sp³-hybridized carbons (Fsp3) is 0.300. The van der Waals surface area contributed by atoms with Gasteiger partial charge in [-0.2, -0.15) is 5.26 Å². The first-order chi connectivity index (χ1) is 7.15. The molecule has 1 aliphatic heterocycles. The molecule has 0 bridgehead atoms. The van der Waals surface area contributed by atoms with Crippen molar-refractivity contribution in [2.45, 2.75) is 12.6 Å². The second kappa shape index (κ2) is 3.33. The summed E-state index contributed by atoms with van der Waals surface area (Å²) in [6.07, 6.45) is 3.13. The second-order valence-corrected chi connectivity index (χ2v) is 3.53. The van der Waals surface area contributed by atoms with Crippen molar-refractivity contribution in [1.29, 1.82) is 5.26 Å². The van der Waals surface area contributed by atoms with Crippen LogP contribution in [0.25, 0.3) is 0 Å². The maximum Gasteiger partial charge on any atom is 0.254 e. The molecule has 15 heavy (non-hydrogen) atoms. The summed E-state index contributed by atoms with van der Waals surface area (Å²) in [5, 5.41) is 8.74. The van der Waals surface area contributed by atoms with Crippen LogP contribution in [-0.2, 0) is 6.54 Å². The molecule has 76 valence electrons. The highest BCUT2D eigenvalue weighted by atomic mass is 16.2. The van der Waals surface area contributed by atoms with E-state index in [1.807, 2.05) is 6.07 Å². The fourth-order valence-corrected chi connectivity index (χ4v) is 1.73. The van der Waals surface area contributed by atoms with Gasteiger partial charge in [-0.05, 0) is 0 Å². The average molecular weight is 202 g/mol. The van der Waals surface area contributed by atoms with Crippen LogP contribution < -0.4 is 5.73 Å². The molecule has 1 aliphatic rings. The number of amides is 1. The topological polar surface area (TPSA) is 83.0 Å². The van der Waals surface area contributed by atoms with E-state index in [-0.39, 0.29) is 5.91 Å². The smallest absolute Gasteiger partial charge is 0.254 e. The first-order valence-corrected chi connectivity index (χ1v) is 4.52. The number of nitrogens with zero attached hydrogens (tertiary/aromatic N) is 3. The molecule has 0 saturated carbocycles. The molecule has 0 fully saturated rings. The molecule has 5 heteroatoms. The van der Waals surface area contributed by atoms with Gasteiger partial charge in [0.05, 0.1) is 11.6 Å². The van der Waals surface area contributed by atoms with Gasteiger partial charge in [-0.1, -0.05) is 0 Å². The summed E-state index contributed by atoms with van der Waals surface area (Å²) >= 11 is 0. The standard InChI is InChI=1S/C10H10N4O/c1-14-5-6-3-13-4-7(8(12)2-11)9(6)10(14)15/h3-4,8H,5,12H2,1H3. The largest absolute Gasteiger partial charge is 0.337 e. The number of carbonyl (C=O) groups excluding carboxylic acids is 1. The molecular weight excluding hydrogens is 192 g/mol. The molecule has 1 amide bonds. The molecule has 2 rings (SSSR count). The van der Waals surface area contributed by atoms with Crippen molar-refractivity contribution in [2.24, 2.45) is 5.73 Å². The number of fused-ring (bicyclic) bond motifs is 1. The lowest BCUT2D eigenvalue weighted by Crippen LogP contribution is -2.20. The molecule has 0 saturated heterocycles. The van der Waals surface area contributed by atoms with Gasteiger partial charge in [-0.25, -0.2) is 0 Å². The number of nitriles is 1. The number of aromatic nitrogens is 1. The van der Waals surface area contributed by atoms with Gasteiger partial charge in [-0.15, -0.1) is 0 Å². The monoisotopic (exact) mass is 202 g/mol. The highest BCUT2D eigenvalue weighted by Gasteiger charge is 2.29. The Kier molecular flexibility index (Phi) is 2.14. The Bertz CT molecular complexity index is 463. The first-order valence-electron chi connectivity index (χ1n) is 4.52. The third-order valence-corrected chi connectivity index (χ3v) is 2.50. The Balaban J connectivity index is 2.58. The minimum Gasteiger partial charge on any atom is -0.337 e. The average Bonchev–Trinajstić information content (AvgIpc) is 2.54. The lowest BCUT2D eigenvalue weighted by atomic mass is 10.0. The fourth-order valence-electron chi connectivity index (χ4n) is 1.73. The summed E-state index contributed by atoms with van der Waals surface area (Å²) in [7, 11) is 1.71. The minimum atomic E-state index is -0.789. The molecule has 1 aromatic heterocycles. The van der Waals surface area contributed by atoms with Crippen LogP contribution in [0.3, 0.4) is 0 Å². The van der Waals surface area contributed by atoms with E-state index in [0.29, 0.717) is 17.7 Å². The third kappa shape index (κ3) is 1.35. The van der Waals surface area contributed by atoms with Gasteiger partial charge >= 0.3 is 0 Å². The van der Waals surface area contributed by atoms with Crippen LogP contribution in [0.2, 0.25) is 0 Å². The Labute approximate surface area is 87.1 Å². The van der Waals surface area contributed by atoms with Crippen molar-refractivity contribution < 1.29 is 4.79 Å². The molecule has 1 unspecified atom stereocenters. The van der Waals surface area contributed by atoms with Gasteiger partial charge in [0, 0.05) is 37.1 Å². The summed E-state index contributed by atoms with van der Waals surface area (Å²) in [6.45, 7) is 0.535. The van der Waals surface area contributed by atoms with Gasteiger partial charge in [0.1, 0.15) is 6.04 Å². The van der Waals surface area contributed by atoms with E-state index in [1.165, 1.54) is 6.20 Å². The highest BCUT2D eigenvalue weighted by molar-refractivity contribution is 5.99. The lowest BCUT2D eigenvalue weighted by Gasteiger charge is -2.08. The van der Waals surface area contributed by atoms with Gasteiger partial charge in [0.15, 0.2) is 0 Å². The van der Waals surface area contributed by atoms with Crippen LogP contribution in [0.5, 0.6) is 0 Å². The molecule has 2 N–H and O–H groups in total. The zero-order chi connectivity index (χ0) is 11.0. The summed E-state index contributed by atoms with van der Waals surface area (Å²) in [5.74, 6) is -0.0897. The van der Waals surface area contributed by atoms with E-state index in [0.717, 1.165) is 5.56 Å². The maximum absolute atomic E-state index is 11.8. The van der Waals surface area contributed by atoms with Crippen LogP contribution in [0.4, 0.5) is 0 Å². The van der Waals surface area contributed by atoms with E-state index in [2.05, 4.69) is 4.98 Å². The summed E-state index contributed by atoms with van der Waals surface area (Å²) in [6, 6.07) is 1.12. The van der Waals surface area contributed by atoms with Crippen molar-refractivity contribution in [3.05, 3.63) is 29.1 Å². The Hall–Kier alpha value is -1.93. The van der Waals surface area contributed by atoms with Gasteiger partial charge in [0.2, 0.25) is 0 Å². The second-order valence-electron chi connectivity index (χ2n) is 3.53. The number of hydrogen-bond acceptors (Lipinski definition) is 4. The van der Waals surface area contributed by atoms with E-state index in [9.17, 15) is 4.79 Å². The van der Waals surface area contributed by atoms with Crippen molar-refractivity contribution in [1.82, 2.24) is 9.88 Å². The van der Waals surface area contributed by atoms with E-state index < -0.39 is 6.04 Å². The summed E-state index contributed by atoms with van der Waals surface area (Å²) in [4.78, 5) is 17.3. The number of nitrogens with two attached hydrogens (primary N) is 1. The zero-order valence-electron chi connectivity index (χ0n) is 8.27. The van der Waals surface area contributed by atoms with Crippen molar-refractivity contribution in [2.75, 3.05) is 7.05 Å². The van der Waals surface area contributed by atoms with Crippen LogP contribution in [0, 0.1) is 11.3 Å². The summed E-state index contributed by atoms with van der Waals surface area (Å²) in [5.41, 5.74) is 7.50. The lowest BCUT2D eigenvalue weighted by molar-refractivity contribution is 0.0815. The van der Waals surface area contributed by atoms with Crippen LogP contribution >= 0.6 is 0 Å². The van der Waals surface area contributed by atoms with Gasteiger partial charge in [0.25, 0.3) is 5.91 Å². The predicted octanol–water partition coefficient (Wildman–Crippen LogP) is 0.191. The van der Waals surface area contributed by atoms with E-state index >= 15 is 0 Å². The van der Waals surface area contributed by atoms with Crippen LogP contribution in [0.15, 0.2) is 12.4 Å². The molecule has 1 atom stereocenters. The Morgan fingerprint density at radius 3 is 3.07 bits per heavy atom. The van der Waals surface area contributed by atoms with E-state index in [1.54, 1.807) is 18.1 Å². The van der Waals surface area contributed by atoms with Crippen molar-refractivity contribution in [3.63, 3.8) is 0 Å². The molecule has 0 spiro atoms. The Morgan fingerprint density at radius 2 is 2.40 bits per heavy atom. The number of pyridine rings is 1. The van der Waals surface area contributed by atoms with Crippen molar-refractivity contribution >= 4 is 5.91 Å². The third-order valence-electron chi connectivity index (χ3n) is 2.50. The predicted molar refractivity (Wildman–Crippen MR) is 52.6 cm³/mol. The van der Waals surface area contributed by atoms with Gasteiger partial charge < -0.3 is 10.6 Å². The molecule has 1 aromatic rings. The molecular formula is C10H10N4O. The minimum absolute atomic E-state index is 0.0897. The summed E-state index contributed by atoms with van der Waals surface area (Å²) < 4.78 is 0. The normalized spacial score (nSPS) is 16.1. The van der Waals surface area contributed by atoms with Crippen LogP contribution in [-0.4, -0.2) is 22.8 Å². The molecule has 0 radical (unpaired) electrons. The quantitative estimate of drug-likeness (QED) is 0.704. The highest BCUT2D eigenvalue weighted by Crippen LogP contribution is 2.26.